The van der Waals surface area contributed by atoms with Crippen molar-refractivity contribution in [3.8, 4) is 5.75 Å². The number of rotatable bonds is 6. The Hall–Kier alpha value is -2.17. The molecular formula is C17H22N2O7S. The third-order valence-corrected chi connectivity index (χ3v) is 5.85. The van der Waals surface area contributed by atoms with Gasteiger partial charge in [-0.05, 0) is 6.07 Å². The number of hydrogen-bond acceptors (Lipinski definition) is 6. The van der Waals surface area contributed by atoms with Crippen LogP contribution in [0.3, 0.4) is 0 Å². The van der Waals surface area contributed by atoms with Gasteiger partial charge in [-0.25, -0.2) is 8.42 Å². The highest BCUT2D eigenvalue weighted by atomic mass is 32.2. The van der Waals surface area contributed by atoms with Crippen molar-refractivity contribution in [1.82, 2.24) is 9.21 Å². The number of hydrogen-bond donors (Lipinski definition) is 1. The summed E-state index contributed by atoms with van der Waals surface area (Å²) in [5.41, 5.74) is 0.842. The number of aliphatic carboxylic acids is 1. The Morgan fingerprint density at radius 3 is 2.78 bits per heavy atom. The van der Waals surface area contributed by atoms with E-state index in [0.717, 1.165) is 16.1 Å². The number of sulfonamides is 1. The van der Waals surface area contributed by atoms with Gasteiger partial charge in [-0.2, -0.15) is 4.31 Å². The fourth-order valence-electron chi connectivity index (χ4n) is 3.31. The van der Waals surface area contributed by atoms with Crippen molar-refractivity contribution in [2.75, 3.05) is 45.6 Å². The van der Waals surface area contributed by atoms with Gasteiger partial charge in [0.05, 0.1) is 19.0 Å². The molecule has 27 heavy (non-hydrogen) atoms. The molecule has 2 aliphatic rings. The molecule has 0 aromatic heterocycles. The molecule has 9 nitrogen and oxygen atoms in total. The van der Waals surface area contributed by atoms with Gasteiger partial charge in [0.2, 0.25) is 15.9 Å². The lowest BCUT2D eigenvalue weighted by molar-refractivity contribution is -0.142. The van der Waals surface area contributed by atoms with Gasteiger partial charge in [0.1, 0.15) is 24.8 Å². The van der Waals surface area contributed by atoms with Crippen molar-refractivity contribution in [3.05, 3.63) is 29.8 Å². The predicted molar refractivity (Wildman–Crippen MR) is 95.1 cm³/mol. The molecule has 1 fully saturated rings. The number of carboxylic acid groups (broad SMARTS) is 1. The molecule has 2 aliphatic heterocycles. The lowest BCUT2D eigenvalue weighted by Gasteiger charge is -2.35. The molecular weight excluding hydrogens is 376 g/mol. The monoisotopic (exact) mass is 398 g/mol. The Balaban J connectivity index is 1.67. The van der Waals surface area contributed by atoms with Crippen LogP contribution in [0.1, 0.15) is 11.5 Å². The standard InChI is InChI=1S/C17H22N2O7S/c1-27(23,24)19(10-16(20)21)9-12-8-18(6-7-25-12)17(22)14-11-26-15-5-3-2-4-13(14)15/h2-5,12,14H,6-11H2,1H3,(H,20,21). The number of carbonyl (C=O) groups is 2. The number of ether oxygens (including phenoxy) is 2. The van der Waals surface area contributed by atoms with Crippen LogP contribution in [0, 0.1) is 0 Å². The zero-order valence-corrected chi connectivity index (χ0v) is 15.7. The molecule has 148 valence electrons. The molecule has 1 aromatic rings. The average Bonchev–Trinajstić information content (AvgIpc) is 3.04. The molecule has 0 bridgehead atoms. The lowest BCUT2D eigenvalue weighted by atomic mass is 9.99. The Kier molecular flexibility index (Phi) is 5.68. The smallest absolute Gasteiger partial charge is 0.318 e. The van der Waals surface area contributed by atoms with Crippen LogP contribution in [0.2, 0.25) is 0 Å². The van der Waals surface area contributed by atoms with Crippen molar-refractivity contribution < 1.29 is 32.6 Å². The average molecular weight is 398 g/mol. The van der Waals surface area contributed by atoms with E-state index in [0.29, 0.717) is 12.3 Å². The van der Waals surface area contributed by atoms with Crippen LogP contribution in [0.15, 0.2) is 24.3 Å². The van der Waals surface area contributed by atoms with Gasteiger partial charge in [-0.1, -0.05) is 18.2 Å². The van der Waals surface area contributed by atoms with Crippen LogP contribution in [-0.4, -0.2) is 86.4 Å². The summed E-state index contributed by atoms with van der Waals surface area (Å²) in [6.45, 7) is 0.364. The molecule has 2 heterocycles. The van der Waals surface area contributed by atoms with E-state index in [4.69, 9.17) is 14.6 Å². The van der Waals surface area contributed by atoms with E-state index in [1.807, 2.05) is 24.3 Å². The van der Waals surface area contributed by atoms with Gasteiger partial charge >= 0.3 is 5.97 Å². The second-order valence-corrected chi connectivity index (χ2v) is 8.61. The van der Waals surface area contributed by atoms with Crippen LogP contribution < -0.4 is 4.74 Å². The number of fused-ring (bicyclic) bond motifs is 1. The largest absolute Gasteiger partial charge is 0.492 e. The number of carbonyl (C=O) groups excluding carboxylic acids is 1. The second-order valence-electron chi connectivity index (χ2n) is 6.63. The minimum absolute atomic E-state index is 0.0996. The zero-order chi connectivity index (χ0) is 19.6. The Bertz CT molecular complexity index is 826. The first-order chi connectivity index (χ1) is 12.8. The van der Waals surface area contributed by atoms with Crippen molar-refractivity contribution in [2.45, 2.75) is 12.0 Å². The van der Waals surface area contributed by atoms with E-state index in [-0.39, 0.29) is 32.2 Å². The molecule has 0 aliphatic carbocycles. The summed E-state index contributed by atoms with van der Waals surface area (Å²) in [5, 5.41) is 8.93. The maximum absolute atomic E-state index is 12.9. The van der Waals surface area contributed by atoms with Crippen LogP contribution in [0.25, 0.3) is 0 Å². The van der Waals surface area contributed by atoms with E-state index in [1.165, 1.54) is 0 Å². The highest BCUT2D eigenvalue weighted by molar-refractivity contribution is 7.88. The Morgan fingerprint density at radius 2 is 2.07 bits per heavy atom. The first-order valence-electron chi connectivity index (χ1n) is 8.54. The zero-order valence-electron chi connectivity index (χ0n) is 14.9. The Labute approximate surface area is 157 Å². The fourth-order valence-corrected chi connectivity index (χ4v) is 4.09. The Morgan fingerprint density at radius 1 is 1.33 bits per heavy atom. The molecule has 0 saturated carbocycles. The molecule has 1 N–H and O–H groups in total. The number of amides is 1. The molecule has 1 aromatic carbocycles. The van der Waals surface area contributed by atoms with E-state index in [9.17, 15) is 18.0 Å². The van der Waals surface area contributed by atoms with E-state index in [2.05, 4.69) is 0 Å². The topological polar surface area (TPSA) is 113 Å². The van der Waals surface area contributed by atoms with Crippen molar-refractivity contribution in [1.29, 1.82) is 0 Å². The minimum atomic E-state index is -3.70. The van der Waals surface area contributed by atoms with E-state index >= 15 is 0 Å². The molecule has 3 rings (SSSR count). The molecule has 2 unspecified atom stereocenters. The van der Waals surface area contributed by atoms with Crippen molar-refractivity contribution in [3.63, 3.8) is 0 Å². The van der Waals surface area contributed by atoms with E-state index in [1.54, 1.807) is 4.90 Å². The first-order valence-corrected chi connectivity index (χ1v) is 10.4. The highest BCUT2D eigenvalue weighted by Crippen LogP contribution is 2.34. The summed E-state index contributed by atoms with van der Waals surface area (Å²) in [4.78, 5) is 25.5. The van der Waals surface area contributed by atoms with Crippen LogP contribution in [0.5, 0.6) is 5.75 Å². The van der Waals surface area contributed by atoms with Crippen molar-refractivity contribution in [2.24, 2.45) is 0 Å². The summed E-state index contributed by atoms with van der Waals surface area (Å²) in [5.74, 6) is -1.04. The number of morpholine rings is 1. The number of para-hydroxylation sites is 1. The quantitative estimate of drug-likeness (QED) is 0.702. The lowest BCUT2D eigenvalue weighted by Crippen LogP contribution is -2.52. The summed E-state index contributed by atoms with van der Waals surface area (Å²) >= 11 is 0. The minimum Gasteiger partial charge on any atom is -0.492 e. The molecule has 0 radical (unpaired) electrons. The molecule has 0 spiro atoms. The SMILES string of the molecule is CS(=O)(=O)N(CC(=O)O)CC1CN(C(=O)C2COc3ccccc32)CCO1. The normalized spacial score (nSPS) is 22.4. The summed E-state index contributed by atoms with van der Waals surface area (Å²) in [6.07, 6.45) is 0.364. The predicted octanol–water partition coefficient (Wildman–Crippen LogP) is -0.264. The maximum Gasteiger partial charge on any atom is 0.318 e. The molecule has 10 heteroatoms. The van der Waals surface area contributed by atoms with E-state index < -0.39 is 34.6 Å². The third kappa shape index (κ3) is 4.57. The highest BCUT2D eigenvalue weighted by Gasteiger charge is 2.36. The molecule has 1 saturated heterocycles. The van der Waals surface area contributed by atoms with Gasteiger partial charge in [0.25, 0.3) is 0 Å². The van der Waals surface area contributed by atoms with Gasteiger partial charge in [-0.3, -0.25) is 9.59 Å². The summed E-state index contributed by atoms with van der Waals surface area (Å²) in [6, 6.07) is 7.38. The summed E-state index contributed by atoms with van der Waals surface area (Å²) < 4.78 is 35.6. The van der Waals surface area contributed by atoms with Gasteiger partial charge in [-0.15, -0.1) is 0 Å². The molecule has 1 amide bonds. The third-order valence-electron chi connectivity index (χ3n) is 4.64. The van der Waals surface area contributed by atoms with Crippen LogP contribution in [-0.2, 0) is 24.3 Å². The second kappa shape index (κ2) is 7.83. The number of carboxylic acids is 1. The van der Waals surface area contributed by atoms with Gasteiger partial charge in [0, 0.05) is 25.2 Å². The fraction of sp³-hybridized carbons (Fsp3) is 0.529. The van der Waals surface area contributed by atoms with Crippen LogP contribution in [0.4, 0.5) is 0 Å². The van der Waals surface area contributed by atoms with Gasteiger partial charge < -0.3 is 19.5 Å². The summed E-state index contributed by atoms with van der Waals surface area (Å²) in [7, 11) is -3.70. The first kappa shape index (κ1) is 19.6. The number of benzene rings is 1. The van der Waals surface area contributed by atoms with Crippen LogP contribution >= 0.6 is 0 Å². The molecule has 2 atom stereocenters. The van der Waals surface area contributed by atoms with Crippen molar-refractivity contribution >= 4 is 21.9 Å². The number of nitrogens with zero attached hydrogens (tertiary/aromatic N) is 2. The maximum atomic E-state index is 12.9. The van der Waals surface area contributed by atoms with Gasteiger partial charge in [0.15, 0.2) is 0 Å².